The summed E-state index contributed by atoms with van der Waals surface area (Å²) < 4.78 is 28.9. The minimum Gasteiger partial charge on any atom is -0.493 e. The molecule has 2 amide bonds. The zero-order chi connectivity index (χ0) is 19.3. The van der Waals surface area contributed by atoms with Gasteiger partial charge in [-0.25, -0.2) is 9.18 Å². The Morgan fingerprint density at radius 3 is 1.96 bits per heavy atom. The number of nitrogens with one attached hydrogen (secondary N) is 2. The predicted octanol–water partition coefficient (Wildman–Crippen LogP) is 3.91. The molecule has 0 aliphatic carbocycles. The molecule has 0 aromatic heterocycles. The molecule has 2 rings (SSSR count). The van der Waals surface area contributed by atoms with Crippen molar-refractivity contribution in [2.45, 2.75) is 19.4 Å². The van der Waals surface area contributed by atoms with Crippen molar-refractivity contribution in [3.05, 3.63) is 47.8 Å². The summed E-state index contributed by atoms with van der Waals surface area (Å²) in [6, 6.07) is 8.82. The fourth-order valence-corrected chi connectivity index (χ4v) is 2.54. The number of ether oxygens (including phenoxy) is 3. The van der Waals surface area contributed by atoms with E-state index in [0.29, 0.717) is 22.9 Å². The Morgan fingerprint density at radius 1 is 0.962 bits per heavy atom. The van der Waals surface area contributed by atoms with E-state index in [1.54, 1.807) is 24.3 Å². The standard InChI is InChI=1S/C19H23FN2O4/c1-19(2,12-6-8-13(20)9-7-12)22-18(23)21-14-10-15(24-3)17(26-5)16(11-14)25-4/h6-11H,1-5H3,(H2,21,22,23). The van der Waals surface area contributed by atoms with Gasteiger partial charge in [-0.1, -0.05) is 12.1 Å². The minimum atomic E-state index is -0.696. The van der Waals surface area contributed by atoms with Gasteiger partial charge in [-0.2, -0.15) is 0 Å². The first-order chi connectivity index (χ1) is 12.3. The van der Waals surface area contributed by atoms with Gasteiger partial charge >= 0.3 is 6.03 Å². The first kappa shape index (κ1) is 19.4. The molecule has 0 fully saturated rings. The van der Waals surface area contributed by atoms with Crippen molar-refractivity contribution < 1.29 is 23.4 Å². The van der Waals surface area contributed by atoms with E-state index in [9.17, 15) is 9.18 Å². The van der Waals surface area contributed by atoms with E-state index in [1.165, 1.54) is 33.5 Å². The first-order valence-electron chi connectivity index (χ1n) is 7.96. The number of amides is 2. The molecule has 2 aromatic carbocycles. The van der Waals surface area contributed by atoms with E-state index in [-0.39, 0.29) is 5.82 Å². The highest BCUT2D eigenvalue weighted by molar-refractivity contribution is 5.90. The second-order valence-corrected chi connectivity index (χ2v) is 6.13. The van der Waals surface area contributed by atoms with Crippen LogP contribution in [0.5, 0.6) is 17.2 Å². The fraction of sp³-hybridized carbons (Fsp3) is 0.316. The van der Waals surface area contributed by atoms with Gasteiger partial charge in [0.15, 0.2) is 11.5 Å². The number of anilines is 1. The lowest BCUT2D eigenvalue weighted by Gasteiger charge is -2.27. The summed E-state index contributed by atoms with van der Waals surface area (Å²) in [5.41, 5.74) is 0.559. The number of urea groups is 1. The van der Waals surface area contributed by atoms with Crippen LogP contribution in [0.4, 0.5) is 14.9 Å². The minimum absolute atomic E-state index is 0.327. The van der Waals surface area contributed by atoms with Crippen molar-refractivity contribution in [1.29, 1.82) is 0 Å². The van der Waals surface area contributed by atoms with Crippen LogP contribution in [0.25, 0.3) is 0 Å². The van der Waals surface area contributed by atoms with E-state index in [4.69, 9.17) is 14.2 Å². The van der Waals surface area contributed by atoms with Crippen LogP contribution in [0.1, 0.15) is 19.4 Å². The molecule has 140 valence electrons. The van der Waals surface area contributed by atoms with Crippen molar-refractivity contribution in [2.24, 2.45) is 0 Å². The third kappa shape index (κ3) is 4.36. The highest BCUT2D eigenvalue weighted by Gasteiger charge is 2.23. The van der Waals surface area contributed by atoms with Gasteiger partial charge in [-0.3, -0.25) is 0 Å². The molecule has 0 heterocycles. The van der Waals surface area contributed by atoms with Gasteiger partial charge in [0.2, 0.25) is 5.75 Å². The molecule has 0 unspecified atom stereocenters. The number of rotatable bonds is 6. The Kier molecular flexibility index (Phi) is 5.92. The van der Waals surface area contributed by atoms with Gasteiger partial charge < -0.3 is 24.8 Å². The zero-order valence-electron chi connectivity index (χ0n) is 15.5. The predicted molar refractivity (Wildman–Crippen MR) is 97.7 cm³/mol. The lowest BCUT2D eigenvalue weighted by molar-refractivity contribution is 0.242. The van der Waals surface area contributed by atoms with Crippen LogP contribution < -0.4 is 24.8 Å². The van der Waals surface area contributed by atoms with E-state index < -0.39 is 11.6 Å². The molecule has 0 aliphatic rings. The lowest BCUT2D eigenvalue weighted by Crippen LogP contribution is -2.43. The number of hydrogen-bond donors (Lipinski definition) is 2. The normalized spacial score (nSPS) is 10.8. The van der Waals surface area contributed by atoms with E-state index in [0.717, 1.165) is 5.56 Å². The second kappa shape index (κ2) is 7.95. The van der Waals surface area contributed by atoms with Crippen LogP contribution in [0, 0.1) is 5.82 Å². The molecule has 0 saturated heterocycles. The van der Waals surface area contributed by atoms with Crippen LogP contribution >= 0.6 is 0 Å². The second-order valence-electron chi connectivity index (χ2n) is 6.13. The Balaban J connectivity index is 2.17. The Labute approximate surface area is 152 Å². The van der Waals surface area contributed by atoms with Crippen LogP contribution in [0.2, 0.25) is 0 Å². The smallest absolute Gasteiger partial charge is 0.319 e. The number of methoxy groups -OCH3 is 3. The fourth-order valence-electron chi connectivity index (χ4n) is 2.54. The molecular formula is C19H23FN2O4. The van der Waals surface area contributed by atoms with Crippen LogP contribution in [0.15, 0.2) is 36.4 Å². The molecule has 6 nitrogen and oxygen atoms in total. The molecule has 2 N–H and O–H groups in total. The highest BCUT2D eigenvalue weighted by atomic mass is 19.1. The zero-order valence-corrected chi connectivity index (χ0v) is 15.5. The van der Waals surface area contributed by atoms with Crippen LogP contribution in [-0.2, 0) is 5.54 Å². The summed E-state index contributed by atoms with van der Waals surface area (Å²) in [4.78, 5) is 12.4. The van der Waals surface area contributed by atoms with E-state index >= 15 is 0 Å². The van der Waals surface area contributed by atoms with E-state index in [1.807, 2.05) is 13.8 Å². The third-order valence-corrected chi connectivity index (χ3v) is 3.91. The largest absolute Gasteiger partial charge is 0.493 e. The van der Waals surface area contributed by atoms with E-state index in [2.05, 4.69) is 10.6 Å². The average Bonchev–Trinajstić information content (AvgIpc) is 2.60. The summed E-state index contributed by atoms with van der Waals surface area (Å²) in [6.45, 7) is 3.66. The maximum absolute atomic E-state index is 13.1. The van der Waals surface area contributed by atoms with Crippen molar-refractivity contribution in [1.82, 2.24) is 5.32 Å². The Bertz CT molecular complexity index is 751. The van der Waals surface area contributed by atoms with Crippen LogP contribution in [-0.4, -0.2) is 27.4 Å². The van der Waals surface area contributed by atoms with Crippen molar-refractivity contribution >= 4 is 11.7 Å². The quantitative estimate of drug-likeness (QED) is 0.818. The molecule has 0 aliphatic heterocycles. The molecule has 0 spiro atoms. The molecule has 0 atom stereocenters. The maximum Gasteiger partial charge on any atom is 0.319 e. The van der Waals surface area contributed by atoms with Gasteiger partial charge in [0.1, 0.15) is 5.82 Å². The SMILES string of the molecule is COc1cc(NC(=O)NC(C)(C)c2ccc(F)cc2)cc(OC)c1OC. The van der Waals surface area contributed by atoms with Gasteiger partial charge in [-0.15, -0.1) is 0 Å². The summed E-state index contributed by atoms with van der Waals surface area (Å²) in [7, 11) is 4.50. The maximum atomic E-state index is 13.1. The third-order valence-electron chi connectivity index (χ3n) is 3.91. The molecule has 26 heavy (non-hydrogen) atoms. The van der Waals surface area contributed by atoms with Gasteiger partial charge in [0.05, 0.1) is 32.6 Å². The highest BCUT2D eigenvalue weighted by Crippen LogP contribution is 2.39. The summed E-state index contributed by atoms with van der Waals surface area (Å²) in [5.74, 6) is 0.971. The Morgan fingerprint density at radius 2 is 1.50 bits per heavy atom. The number of benzene rings is 2. The molecule has 0 saturated carbocycles. The van der Waals surface area contributed by atoms with Crippen LogP contribution in [0.3, 0.4) is 0 Å². The summed E-state index contributed by atoms with van der Waals surface area (Å²) >= 11 is 0. The first-order valence-corrected chi connectivity index (χ1v) is 7.96. The summed E-state index contributed by atoms with van der Waals surface area (Å²) in [5, 5.41) is 5.60. The van der Waals surface area contributed by atoms with Gasteiger partial charge in [-0.05, 0) is 31.5 Å². The summed E-state index contributed by atoms with van der Waals surface area (Å²) in [6.07, 6.45) is 0. The number of carbonyl (C=O) groups excluding carboxylic acids is 1. The molecular weight excluding hydrogens is 339 g/mol. The monoisotopic (exact) mass is 362 g/mol. The van der Waals surface area contributed by atoms with Crippen molar-refractivity contribution in [3.8, 4) is 17.2 Å². The molecule has 0 bridgehead atoms. The molecule has 7 heteroatoms. The van der Waals surface area contributed by atoms with Crippen molar-refractivity contribution in [3.63, 3.8) is 0 Å². The lowest BCUT2D eigenvalue weighted by atomic mass is 9.94. The topological polar surface area (TPSA) is 68.8 Å². The average molecular weight is 362 g/mol. The molecule has 2 aromatic rings. The van der Waals surface area contributed by atoms with Gasteiger partial charge in [0, 0.05) is 12.1 Å². The number of hydrogen-bond acceptors (Lipinski definition) is 4. The van der Waals surface area contributed by atoms with Crippen molar-refractivity contribution in [2.75, 3.05) is 26.6 Å². The Hall–Kier alpha value is -2.96. The molecule has 0 radical (unpaired) electrons. The number of halogens is 1. The van der Waals surface area contributed by atoms with Gasteiger partial charge in [0.25, 0.3) is 0 Å². The number of carbonyl (C=O) groups is 1.